The highest BCUT2D eigenvalue weighted by molar-refractivity contribution is 5.82. The van der Waals surface area contributed by atoms with Crippen molar-refractivity contribution in [1.82, 2.24) is 20.1 Å². The van der Waals surface area contributed by atoms with Crippen LogP contribution >= 0.6 is 0 Å². The van der Waals surface area contributed by atoms with Crippen LogP contribution in [0.2, 0.25) is 0 Å². The van der Waals surface area contributed by atoms with E-state index in [4.69, 9.17) is 5.11 Å². The second kappa shape index (κ2) is 6.13. The predicted molar refractivity (Wildman–Crippen MR) is 63.8 cm³/mol. The van der Waals surface area contributed by atoms with Gasteiger partial charge in [0.1, 0.15) is 18.2 Å². The van der Waals surface area contributed by atoms with Crippen molar-refractivity contribution in [2.45, 2.75) is 39.8 Å². The molecule has 0 spiro atoms. The van der Waals surface area contributed by atoms with Gasteiger partial charge in [0.15, 0.2) is 0 Å². The van der Waals surface area contributed by atoms with Crippen LogP contribution in [0.4, 0.5) is 0 Å². The number of aromatic nitrogens is 3. The first-order chi connectivity index (χ1) is 8.40. The number of nitrogens with one attached hydrogen (secondary N) is 1. The van der Waals surface area contributed by atoms with E-state index in [0.29, 0.717) is 18.3 Å². The lowest BCUT2D eigenvalue weighted by atomic mass is 10.2. The van der Waals surface area contributed by atoms with Crippen LogP contribution in [0.5, 0.6) is 0 Å². The molecule has 0 saturated heterocycles. The number of carbonyl (C=O) groups excluding carboxylic acids is 1. The van der Waals surface area contributed by atoms with E-state index in [-0.39, 0.29) is 12.3 Å². The molecule has 0 saturated carbocycles. The topological polar surface area (TPSA) is 97.1 Å². The zero-order chi connectivity index (χ0) is 13.7. The van der Waals surface area contributed by atoms with Gasteiger partial charge in [-0.15, -0.1) is 0 Å². The average molecular weight is 254 g/mol. The van der Waals surface area contributed by atoms with Crippen molar-refractivity contribution in [3.63, 3.8) is 0 Å². The number of amides is 1. The Morgan fingerprint density at radius 2 is 2.17 bits per heavy atom. The summed E-state index contributed by atoms with van der Waals surface area (Å²) < 4.78 is 1.67. The summed E-state index contributed by atoms with van der Waals surface area (Å²) >= 11 is 0. The maximum absolute atomic E-state index is 11.0. The van der Waals surface area contributed by atoms with Gasteiger partial charge in [-0.05, 0) is 5.92 Å². The van der Waals surface area contributed by atoms with Gasteiger partial charge in [-0.1, -0.05) is 13.8 Å². The third-order valence-corrected chi connectivity index (χ3v) is 2.30. The zero-order valence-corrected chi connectivity index (χ0v) is 10.8. The second-order valence-corrected chi connectivity index (χ2v) is 4.55. The summed E-state index contributed by atoms with van der Waals surface area (Å²) in [6.07, 6.45) is 1.52. The van der Waals surface area contributed by atoms with Gasteiger partial charge >= 0.3 is 5.97 Å². The molecule has 1 atom stereocenters. The Kier molecular flexibility index (Phi) is 4.82. The third kappa shape index (κ3) is 4.15. The number of carboxylic acids is 1. The molecular weight excluding hydrogens is 236 g/mol. The molecule has 7 nitrogen and oxygen atoms in total. The highest BCUT2D eigenvalue weighted by Crippen LogP contribution is 2.04. The fourth-order valence-electron chi connectivity index (χ4n) is 1.57. The van der Waals surface area contributed by atoms with E-state index >= 15 is 0 Å². The van der Waals surface area contributed by atoms with Gasteiger partial charge in [0.25, 0.3) is 0 Å². The molecule has 0 aliphatic carbocycles. The third-order valence-electron chi connectivity index (χ3n) is 2.30. The van der Waals surface area contributed by atoms with Gasteiger partial charge in [0, 0.05) is 19.9 Å². The van der Waals surface area contributed by atoms with Crippen LogP contribution in [0.15, 0.2) is 6.33 Å². The minimum Gasteiger partial charge on any atom is -0.480 e. The molecule has 1 amide bonds. The van der Waals surface area contributed by atoms with Crippen molar-refractivity contribution in [2.24, 2.45) is 5.92 Å². The van der Waals surface area contributed by atoms with Crippen molar-refractivity contribution in [1.29, 1.82) is 0 Å². The Morgan fingerprint density at radius 3 is 2.67 bits per heavy atom. The van der Waals surface area contributed by atoms with Gasteiger partial charge < -0.3 is 10.4 Å². The minimum atomic E-state index is -1.08. The van der Waals surface area contributed by atoms with Crippen LogP contribution in [-0.4, -0.2) is 37.8 Å². The lowest BCUT2D eigenvalue weighted by Crippen LogP contribution is -2.41. The molecule has 1 heterocycles. The van der Waals surface area contributed by atoms with Gasteiger partial charge in [-0.25, -0.2) is 14.5 Å². The first kappa shape index (κ1) is 14.1. The zero-order valence-electron chi connectivity index (χ0n) is 10.8. The monoisotopic (exact) mass is 254 g/mol. The molecule has 0 aliphatic rings. The predicted octanol–water partition coefficient (Wildman–Crippen LogP) is 0.0659. The molecule has 1 unspecified atom stereocenters. The minimum absolute atomic E-state index is 0.127. The van der Waals surface area contributed by atoms with Crippen molar-refractivity contribution < 1.29 is 14.7 Å². The molecule has 0 bridgehead atoms. The molecule has 1 rings (SSSR count). The van der Waals surface area contributed by atoms with E-state index in [1.807, 2.05) is 13.8 Å². The van der Waals surface area contributed by atoms with Gasteiger partial charge in [-0.2, -0.15) is 5.10 Å². The Morgan fingerprint density at radius 1 is 1.50 bits per heavy atom. The molecule has 18 heavy (non-hydrogen) atoms. The first-order valence-corrected chi connectivity index (χ1v) is 5.76. The van der Waals surface area contributed by atoms with Crippen molar-refractivity contribution in [3.05, 3.63) is 12.2 Å². The van der Waals surface area contributed by atoms with Gasteiger partial charge in [0.2, 0.25) is 5.91 Å². The maximum atomic E-state index is 11.0. The molecule has 100 valence electrons. The molecule has 2 N–H and O–H groups in total. The first-order valence-electron chi connectivity index (χ1n) is 5.76. The second-order valence-electron chi connectivity index (χ2n) is 4.55. The molecular formula is C11H18N4O3. The summed E-state index contributed by atoms with van der Waals surface area (Å²) in [6.45, 7) is 6.03. The summed E-state index contributed by atoms with van der Waals surface area (Å²) in [5, 5.41) is 15.4. The Balaban J connectivity index is 2.77. The average Bonchev–Trinajstić information content (AvgIpc) is 2.63. The Bertz CT molecular complexity index is 428. The van der Waals surface area contributed by atoms with Crippen molar-refractivity contribution in [3.8, 4) is 0 Å². The quantitative estimate of drug-likeness (QED) is 0.748. The molecule has 0 radical (unpaired) electrons. The van der Waals surface area contributed by atoms with E-state index in [2.05, 4.69) is 15.4 Å². The number of nitrogens with zero attached hydrogens (tertiary/aromatic N) is 3. The van der Waals surface area contributed by atoms with Gasteiger partial charge in [0.05, 0.1) is 0 Å². The fourth-order valence-corrected chi connectivity index (χ4v) is 1.57. The largest absolute Gasteiger partial charge is 0.480 e. The molecule has 7 heteroatoms. The van der Waals surface area contributed by atoms with Gasteiger partial charge in [-0.3, -0.25) is 4.79 Å². The highest BCUT2D eigenvalue weighted by atomic mass is 16.4. The van der Waals surface area contributed by atoms with E-state index in [0.717, 1.165) is 0 Å². The van der Waals surface area contributed by atoms with Crippen LogP contribution < -0.4 is 5.32 Å². The maximum Gasteiger partial charge on any atom is 0.326 e. The number of hydrogen-bond donors (Lipinski definition) is 2. The standard InChI is InChI=1S/C11H18N4O3/c1-7(2)5-15-10(12-6-13-15)4-9(11(17)18)14-8(3)16/h6-7,9H,4-5H2,1-3H3,(H,14,16)(H,17,18). The SMILES string of the molecule is CC(=O)NC(Cc1ncnn1CC(C)C)C(=O)O. The number of carboxylic acid groups (broad SMARTS) is 1. The normalized spacial score (nSPS) is 12.4. The van der Waals surface area contributed by atoms with E-state index in [1.165, 1.54) is 13.3 Å². The Labute approximate surface area is 105 Å². The smallest absolute Gasteiger partial charge is 0.326 e. The van der Waals surface area contributed by atoms with E-state index in [9.17, 15) is 9.59 Å². The van der Waals surface area contributed by atoms with Crippen molar-refractivity contribution in [2.75, 3.05) is 0 Å². The lowest BCUT2D eigenvalue weighted by molar-refractivity contribution is -0.141. The highest BCUT2D eigenvalue weighted by Gasteiger charge is 2.21. The van der Waals surface area contributed by atoms with E-state index in [1.54, 1.807) is 4.68 Å². The fraction of sp³-hybridized carbons (Fsp3) is 0.636. The molecule has 0 aromatic carbocycles. The summed E-state index contributed by atoms with van der Waals surface area (Å²) in [4.78, 5) is 26.0. The van der Waals surface area contributed by atoms with Crippen LogP contribution in [0.3, 0.4) is 0 Å². The molecule has 1 aromatic heterocycles. The van der Waals surface area contributed by atoms with Crippen LogP contribution in [-0.2, 0) is 22.6 Å². The summed E-state index contributed by atoms with van der Waals surface area (Å²) in [5.41, 5.74) is 0. The summed E-state index contributed by atoms with van der Waals surface area (Å²) in [5.74, 6) is -0.513. The van der Waals surface area contributed by atoms with E-state index < -0.39 is 12.0 Å². The number of carbonyl (C=O) groups is 2. The summed E-state index contributed by atoms with van der Waals surface area (Å²) in [6, 6.07) is -0.974. The van der Waals surface area contributed by atoms with Crippen LogP contribution in [0.1, 0.15) is 26.6 Å². The van der Waals surface area contributed by atoms with Crippen molar-refractivity contribution >= 4 is 11.9 Å². The molecule has 0 aliphatic heterocycles. The number of rotatable bonds is 6. The number of aliphatic carboxylic acids is 1. The number of hydrogen-bond acceptors (Lipinski definition) is 4. The summed E-state index contributed by atoms with van der Waals surface area (Å²) in [7, 11) is 0. The molecule has 0 fully saturated rings. The van der Waals surface area contributed by atoms with Crippen LogP contribution in [0, 0.1) is 5.92 Å². The lowest BCUT2D eigenvalue weighted by Gasteiger charge is -2.14. The van der Waals surface area contributed by atoms with Crippen LogP contribution in [0.25, 0.3) is 0 Å². The molecule has 1 aromatic rings. The Hall–Kier alpha value is -1.92.